The number of Topliss-reactive ketones (excluding diaryl/α,β-unsaturated/α-hetero) is 1. The molecule has 0 radical (unpaired) electrons. The molecule has 132 valence electrons. The van der Waals surface area contributed by atoms with E-state index in [9.17, 15) is 18.8 Å². The van der Waals surface area contributed by atoms with E-state index in [2.05, 4.69) is 0 Å². The number of thioether (sulfide) groups is 1. The standard InChI is InChI=1S/C18H10Cl2FNO3S/c19-13-6-1-10(7-14(13)20)8-16-17(24)22(18(25)26-16)9-15(23)11-2-4-12(21)5-3-11/h1-8H,9H2/b16-8+. The number of ketones is 1. The molecule has 1 saturated heterocycles. The summed E-state index contributed by atoms with van der Waals surface area (Å²) in [7, 11) is 0. The van der Waals surface area contributed by atoms with E-state index in [1.54, 1.807) is 18.2 Å². The van der Waals surface area contributed by atoms with Crippen LogP contribution in [-0.4, -0.2) is 28.4 Å². The first kappa shape index (κ1) is 18.6. The van der Waals surface area contributed by atoms with Crippen molar-refractivity contribution in [1.82, 2.24) is 4.90 Å². The molecule has 2 aromatic rings. The van der Waals surface area contributed by atoms with Crippen molar-refractivity contribution in [2.24, 2.45) is 0 Å². The second-order valence-corrected chi connectivity index (χ2v) is 7.18. The predicted molar refractivity (Wildman–Crippen MR) is 99.9 cm³/mol. The van der Waals surface area contributed by atoms with Crippen LogP contribution in [0.1, 0.15) is 15.9 Å². The molecule has 1 aliphatic rings. The first-order valence-corrected chi connectivity index (χ1v) is 8.91. The summed E-state index contributed by atoms with van der Waals surface area (Å²) in [5.74, 6) is -1.50. The molecule has 0 saturated carbocycles. The van der Waals surface area contributed by atoms with Crippen molar-refractivity contribution >= 4 is 58.0 Å². The number of hydrogen-bond donors (Lipinski definition) is 0. The van der Waals surface area contributed by atoms with Crippen molar-refractivity contribution in [3.05, 3.63) is 74.4 Å². The van der Waals surface area contributed by atoms with Crippen molar-refractivity contribution < 1.29 is 18.8 Å². The van der Waals surface area contributed by atoms with Crippen LogP contribution in [0.5, 0.6) is 0 Å². The van der Waals surface area contributed by atoms with E-state index >= 15 is 0 Å². The van der Waals surface area contributed by atoms with Gasteiger partial charge in [-0.15, -0.1) is 0 Å². The Hall–Kier alpha value is -2.15. The number of halogens is 3. The van der Waals surface area contributed by atoms with Gasteiger partial charge in [0.25, 0.3) is 11.1 Å². The molecule has 0 unspecified atom stereocenters. The van der Waals surface area contributed by atoms with Crippen molar-refractivity contribution in [1.29, 1.82) is 0 Å². The van der Waals surface area contributed by atoms with Gasteiger partial charge in [0, 0.05) is 5.56 Å². The molecule has 1 fully saturated rings. The Morgan fingerprint density at radius 1 is 1.08 bits per heavy atom. The Morgan fingerprint density at radius 2 is 1.77 bits per heavy atom. The zero-order valence-electron chi connectivity index (χ0n) is 13.0. The lowest BCUT2D eigenvalue weighted by atomic mass is 10.1. The second-order valence-electron chi connectivity index (χ2n) is 5.37. The largest absolute Gasteiger partial charge is 0.293 e. The molecule has 0 bridgehead atoms. The zero-order chi connectivity index (χ0) is 18.8. The number of carbonyl (C=O) groups excluding carboxylic acids is 3. The second kappa shape index (κ2) is 7.61. The van der Waals surface area contributed by atoms with Crippen molar-refractivity contribution in [3.8, 4) is 0 Å². The number of imide groups is 1. The van der Waals surface area contributed by atoms with Gasteiger partial charge < -0.3 is 0 Å². The molecule has 4 nitrogen and oxygen atoms in total. The average molecular weight is 410 g/mol. The lowest BCUT2D eigenvalue weighted by Gasteiger charge is -2.11. The Bertz CT molecular complexity index is 944. The number of nitrogens with zero attached hydrogens (tertiary/aromatic N) is 1. The van der Waals surface area contributed by atoms with E-state index in [0.717, 1.165) is 28.8 Å². The lowest BCUT2D eigenvalue weighted by molar-refractivity contribution is -0.122. The van der Waals surface area contributed by atoms with Crippen LogP contribution in [0, 0.1) is 5.82 Å². The summed E-state index contributed by atoms with van der Waals surface area (Å²) in [6.07, 6.45) is 1.51. The molecule has 8 heteroatoms. The average Bonchev–Trinajstić information content (AvgIpc) is 2.86. The molecule has 1 heterocycles. The zero-order valence-corrected chi connectivity index (χ0v) is 15.4. The monoisotopic (exact) mass is 409 g/mol. The van der Waals surface area contributed by atoms with Gasteiger partial charge in [-0.25, -0.2) is 4.39 Å². The van der Waals surface area contributed by atoms with Gasteiger partial charge in [0.15, 0.2) is 5.78 Å². The van der Waals surface area contributed by atoms with Crippen molar-refractivity contribution in [2.75, 3.05) is 6.54 Å². The van der Waals surface area contributed by atoms with Gasteiger partial charge in [0.05, 0.1) is 21.5 Å². The maximum absolute atomic E-state index is 12.9. The SMILES string of the molecule is O=C(CN1C(=O)S/C(=C/c2ccc(Cl)c(Cl)c2)C1=O)c1ccc(F)cc1. The number of amides is 2. The summed E-state index contributed by atoms with van der Waals surface area (Å²) in [5, 5.41) is 0.157. The molecule has 0 N–H and O–H groups in total. The van der Waals surface area contributed by atoms with Gasteiger partial charge in [-0.1, -0.05) is 29.3 Å². The third-order valence-electron chi connectivity index (χ3n) is 3.58. The fourth-order valence-electron chi connectivity index (χ4n) is 2.26. The molecular formula is C18H10Cl2FNO3S. The van der Waals surface area contributed by atoms with Crippen LogP contribution < -0.4 is 0 Å². The van der Waals surface area contributed by atoms with Gasteiger partial charge in [0.1, 0.15) is 5.82 Å². The van der Waals surface area contributed by atoms with Crippen LogP contribution in [-0.2, 0) is 4.79 Å². The van der Waals surface area contributed by atoms with Crippen LogP contribution in [0.2, 0.25) is 10.0 Å². The molecule has 0 aliphatic carbocycles. The minimum Gasteiger partial charge on any atom is -0.292 e. The van der Waals surface area contributed by atoms with Gasteiger partial charge in [-0.3, -0.25) is 19.3 Å². The van der Waals surface area contributed by atoms with Gasteiger partial charge >= 0.3 is 0 Å². The maximum Gasteiger partial charge on any atom is 0.293 e. The summed E-state index contributed by atoms with van der Waals surface area (Å²) in [4.78, 5) is 37.8. The highest BCUT2D eigenvalue weighted by Crippen LogP contribution is 2.33. The van der Waals surface area contributed by atoms with Gasteiger partial charge in [-0.2, -0.15) is 0 Å². The number of carbonyl (C=O) groups is 3. The summed E-state index contributed by atoms with van der Waals surface area (Å²) < 4.78 is 12.9. The number of rotatable bonds is 4. The van der Waals surface area contributed by atoms with Crippen LogP contribution in [0.3, 0.4) is 0 Å². The molecule has 1 aliphatic heterocycles. The minimum atomic E-state index is -0.568. The van der Waals surface area contributed by atoms with E-state index in [4.69, 9.17) is 23.2 Å². The molecule has 0 aromatic heterocycles. The quantitative estimate of drug-likeness (QED) is 0.523. The van der Waals surface area contributed by atoms with Crippen LogP contribution in [0.25, 0.3) is 6.08 Å². The molecule has 0 spiro atoms. The van der Waals surface area contributed by atoms with E-state index in [1.165, 1.54) is 18.2 Å². The van der Waals surface area contributed by atoms with Crippen LogP contribution in [0.4, 0.5) is 9.18 Å². The molecule has 0 atom stereocenters. The van der Waals surface area contributed by atoms with E-state index in [0.29, 0.717) is 15.6 Å². The van der Waals surface area contributed by atoms with E-state index < -0.39 is 29.3 Å². The van der Waals surface area contributed by atoms with E-state index in [1.807, 2.05) is 0 Å². The molecule has 3 rings (SSSR count). The lowest BCUT2D eigenvalue weighted by Crippen LogP contribution is -2.33. The van der Waals surface area contributed by atoms with Crippen LogP contribution in [0.15, 0.2) is 47.4 Å². The minimum absolute atomic E-state index is 0.181. The van der Waals surface area contributed by atoms with Crippen molar-refractivity contribution in [2.45, 2.75) is 0 Å². The third kappa shape index (κ3) is 3.98. The normalized spacial score (nSPS) is 15.8. The highest BCUT2D eigenvalue weighted by molar-refractivity contribution is 8.18. The Balaban J connectivity index is 1.78. The van der Waals surface area contributed by atoms with Crippen molar-refractivity contribution in [3.63, 3.8) is 0 Å². The molecular weight excluding hydrogens is 400 g/mol. The molecule has 2 amide bonds. The van der Waals surface area contributed by atoms with Crippen LogP contribution >= 0.6 is 35.0 Å². The highest BCUT2D eigenvalue weighted by Gasteiger charge is 2.36. The third-order valence-corrected chi connectivity index (χ3v) is 5.23. The number of benzene rings is 2. The summed E-state index contributed by atoms with van der Waals surface area (Å²) >= 11 is 12.5. The van der Waals surface area contributed by atoms with Gasteiger partial charge in [-0.05, 0) is 59.8 Å². The topological polar surface area (TPSA) is 54.5 Å². The smallest absolute Gasteiger partial charge is 0.292 e. The molecule has 2 aromatic carbocycles. The van der Waals surface area contributed by atoms with Gasteiger partial charge in [0.2, 0.25) is 0 Å². The summed E-state index contributed by atoms with van der Waals surface area (Å²) in [6, 6.07) is 9.71. The predicted octanol–water partition coefficient (Wildman–Crippen LogP) is 5.05. The number of hydrogen-bond acceptors (Lipinski definition) is 4. The maximum atomic E-state index is 12.9. The Morgan fingerprint density at radius 3 is 2.42 bits per heavy atom. The summed E-state index contributed by atoms with van der Waals surface area (Å²) in [6.45, 7) is -0.408. The Kier molecular flexibility index (Phi) is 5.46. The Labute approximate surface area is 162 Å². The van der Waals surface area contributed by atoms with E-state index in [-0.39, 0.29) is 10.5 Å². The summed E-state index contributed by atoms with van der Waals surface area (Å²) in [5.41, 5.74) is 0.827. The fraction of sp³-hybridized carbons (Fsp3) is 0.0556. The first-order chi connectivity index (χ1) is 12.3. The first-order valence-electron chi connectivity index (χ1n) is 7.34. The molecule has 26 heavy (non-hydrogen) atoms. The fourth-order valence-corrected chi connectivity index (χ4v) is 3.41. The highest BCUT2D eigenvalue weighted by atomic mass is 35.5.